The second-order valence-electron chi connectivity index (χ2n) is 5.79. The molecule has 0 aliphatic heterocycles. The van der Waals surface area contributed by atoms with E-state index < -0.39 is 24.4 Å². The van der Waals surface area contributed by atoms with Gasteiger partial charge in [-0.3, -0.25) is 0 Å². The van der Waals surface area contributed by atoms with E-state index in [1.807, 2.05) is 0 Å². The molecule has 2 aromatic carbocycles. The summed E-state index contributed by atoms with van der Waals surface area (Å²) in [6.45, 7) is -0.298. The van der Waals surface area contributed by atoms with E-state index in [2.05, 4.69) is 0 Å². The van der Waals surface area contributed by atoms with Gasteiger partial charge in [-0.15, -0.1) is 0 Å². The molecule has 0 saturated carbocycles. The SMILES string of the molecule is O=C(NC(C(F)(F)F)C(F)(F)F)N(Cc1ccccc1)Cc1ccccc1. The van der Waals surface area contributed by atoms with E-state index >= 15 is 0 Å². The van der Waals surface area contributed by atoms with Crippen LogP contribution in [0.5, 0.6) is 0 Å². The number of halogens is 6. The van der Waals surface area contributed by atoms with Gasteiger partial charge in [0.05, 0.1) is 0 Å². The molecular weight excluding hydrogens is 374 g/mol. The van der Waals surface area contributed by atoms with Crippen molar-refractivity contribution in [1.82, 2.24) is 10.2 Å². The highest BCUT2D eigenvalue weighted by Crippen LogP contribution is 2.33. The van der Waals surface area contributed by atoms with Crippen LogP contribution in [-0.4, -0.2) is 29.3 Å². The number of hydrogen-bond acceptors (Lipinski definition) is 1. The summed E-state index contributed by atoms with van der Waals surface area (Å²) >= 11 is 0. The Hall–Kier alpha value is -2.71. The number of hydrogen-bond donors (Lipinski definition) is 1. The Bertz CT molecular complexity index is 676. The maximum atomic E-state index is 12.7. The molecule has 0 fully saturated rings. The van der Waals surface area contributed by atoms with Crippen LogP contribution in [0.15, 0.2) is 60.7 Å². The highest BCUT2D eigenvalue weighted by molar-refractivity contribution is 5.74. The summed E-state index contributed by atoms with van der Waals surface area (Å²) in [6, 6.07) is 11.1. The maximum absolute atomic E-state index is 12.7. The summed E-state index contributed by atoms with van der Waals surface area (Å²) < 4.78 is 76.4. The molecule has 0 aromatic heterocycles. The number of carbonyl (C=O) groups is 1. The molecule has 0 aliphatic rings. The molecule has 2 amide bonds. The number of carbonyl (C=O) groups excluding carboxylic acids is 1. The Balaban J connectivity index is 2.24. The number of rotatable bonds is 5. The first kappa shape index (κ1) is 20.6. The predicted molar refractivity (Wildman–Crippen MR) is 86.6 cm³/mol. The Labute approximate surface area is 151 Å². The molecule has 9 heteroatoms. The van der Waals surface area contributed by atoms with Gasteiger partial charge < -0.3 is 10.2 Å². The van der Waals surface area contributed by atoms with Crippen LogP contribution in [0.3, 0.4) is 0 Å². The summed E-state index contributed by atoms with van der Waals surface area (Å²) in [5, 5.41) is 1.07. The molecule has 0 unspecified atom stereocenters. The van der Waals surface area contributed by atoms with Gasteiger partial charge in [-0.2, -0.15) is 26.3 Å². The molecule has 146 valence electrons. The first-order chi connectivity index (χ1) is 12.6. The summed E-state index contributed by atoms with van der Waals surface area (Å²) in [4.78, 5) is 13.2. The molecule has 0 atom stereocenters. The number of alkyl halides is 6. The van der Waals surface area contributed by atoms with Gasteiger partial charge in [0.2, 0.25) is 6.04 Å². The highest BCUT2D eigenvalue weighted by Gasteiger charge is 2.57. The van der Waals surface area contributed by atoms with Crippen molar-refractivity contribution >= 4 is 6.03 Å². The maximum Gasteiger partial charge on any atom is 0.417 e. The lowest BCUT2D eigenvalue weighted by Crippen LogP contribution is -2.57. The number of amides is 2. The van der Waals surface area contributed by atoms with Gasteiger partial charge in [-0.25, -0.2) is 4.79 Å². The molecule has 2 rings (SSSR count). The predicted octanol–water partition coefficient (Wildman–Crippen LogP) is 4.89. The Morgan fingerprint density at radius 3 is 1.48 bits per heavy atom. The van der Waals surface area contributed by atoms with Crippen LogP contribution in [0.25, 0.3) is 0 Å². The minimum absolute atomic E-state index is 0.149. The molecule has 0 aliphatic carbocycles. The van der Waals surface area contributed by atoms with Gasteiger partial charge in [0.1, 0.15) is 0 Å². The van der Waals surface area contributed by atoms with Gasteiger partial charge in [-0.1, -0.05) is 60.7 Å². The van der Waals surface area contributed by atoms with Crippen LogP contribution in [-0.2, 0) is 13.1 Å². The molecule has 27 heavy (non-hydrogen) atoms. The van der Waals surface area contributed by atoms with Gasteiger partial charge in [0.25, 0.3) is 0 Å². The number of benzene rings is 2. The van der Waals surface area contributed by atoms with Crippen molar-refractivity contribution in [3.8, 4) is 0 Å². The molecule has 1 N–H and O–H groups in total. The number of urea groups is 1. The van der Waals surface area contributed by atoms with E-state index in [1.165, 1.54) is 0 Å². The average Bonchev–Trinajstić information content (AvgIpc) is 2.58. The van der Waals surface area contributed by atoms with E-state index in [-0.39, 0.29) is 13.1 Å². The highest BCUT2D eigenvalue weighted by atomic mass is 19.4. The normalized spacial score (nSPS) is 12.1. The standard InChI is InChI=1S/C18H16F6N2O/c19-17(20,21)15(18(22,23)24)25-16(27)26(11-13-7-3-1-4-8-13)12-14-9-5-2-6-10-14/h1-10,15H,11-12H2,(H,25,27). The zero-order chi connectivity index (χ0) is 20.1. The largest absolute Gasteiger partial charge is 0.417 e. The Morgan fingerprint density at radius 1 is 0.778 bits per heavy atom. The van der Waals surface area contributed by atoms with Gasteiger partial charge in [-0.05, 0) is 11.1 Å². The molecule has 0 saturated heterocycles. The second kappa shape index (κ2) is 8.32. The Morgan fingerprint density at radius 2 is 1.15 bits per heavy atom. The van der Waals surface area contributed by atoms with Crippen LogP contribution in [0.1, 0.15) is 11.1 Å². The van der Waals surface area contributed by atoms with E-state index in [0.29, 0.717) is 11.1 Å². The molecule has 2 aromatic rings. The lowest BCUT2D eigenvalue weighted by Gasteiger charge is -2.29. The van der Waals surface area contributed by atoms with Crippen LogP contribution in [0.4, 0.5) is 31.1 Å². The fourth-order valence-corrected chi connectivity index (χ4v) is 2.37. The zero-order valence-corrected chi connectivity index (χ0v) is 13.9. The van der Waals surface area contributed by atoms with Crippen molar-refractivity contribution in [2.75, 3.05) is 0 Å². The smallest absolute Gasteiger partial charge is 0.319 e. The quantitative estimate of drug-likeness (QED) is 0.725. The zero-order valence-electron chi connectivity index (χ0n) is 13.9. The van der Waals surface area contributed by atoms with Gasteiger partial charge in [0, 0.05) is 13.1 Å². The van der Waals surface area contributed by atoms with Crippen LogP contribution >= 0.6 is 0 Å². The van der Waals surface area contributed by atoms with Gasteiger partial charge >= 0.3 is 18.4 Å². The molecule has 3 nitrogen and oxygen atoms in total. The third kappa shape index (κ3) is 6.19. The third-order valence-electron chi connectivity index (χ3n) is 3.64. The summed E-state index contributed by atoms with van der Waals surface area (Å²) in [5.41, 5.74) is 1.14. The topological polar surface area (TPSA) is 32.3 Å². The first-order valence-corrected chi connectivity index (χ1v) is 7.84. The minimum Gasteiger partial charge on any atom is -0.319 e. The van der Waals surface area contributed by atoms with Gasteiger partial charge in [0.15, 0.2) is 0 Å². The molecule has 0 bridgehead atoms. The first-order valence-electron chi connectivity index (χ1n) is 7.84. The van der Waals surface area contributed by atoms with Crippen molar-refractivity contribution in [1.29, 1.82) is 0 Å². The van der Waals surface area contributed by atoms with Crippen LogP contribution in [0.2, 0.25) is 0 Å². The van der Waals surface area contributed by atoms with Crippen molar-refractivity contribution in [3.63, 3.8) is 0 Å². The average molecular weight is 390 g/mol. The van der Waals surface area contributed by atoms with Crippen LogP contribution < -0.4 is 5.32 Å². The summed E-state index contributed by atoms with van der Waals surface area (Å²) in [7, 11) is 0. The number of nitrogens with zero attached hydrogens (tertiary/aromatic N) is 1. The van der Waals surface area contributed by atoms with E-state index in [9.17, 15) is 31.1 Å². The molecule has 0 spiro atoms. The summed E-state index contributed by atoms with van der Waals surface area (Å²) in [5.74, 6) is 0. The lowest BCUT2D eigenvalue weighted by molar-refractivity contribution is -0.255. The second-order valence-corrected chi connectivity index (χ2v) is 5.79. The van der Waals surface area contributed by atoms with Crippen molar-refractivity contribution in [3.05, 3.63) is 71.8 Å². The van der Waals surface area contributed by atoms with E-state index in [1.54, 1.807) is 60.7 Å². The van der Waals surface area contributed by atoms with Crippen molar-refractivity contribution in [2.24, 2.45) is 0 Å². The Kier molecular flexibility index (Phi) is 6.35. The fourth-order valence-electron chi connectivity index (χ4n) is 2.37. The summed E-state index contributed by atoms with van der Waals surface area (Å²) in [6.07, 6.45) is -11.3. The fraction of sp³-hybridized carbons (Fsp3) is 0.278. The molecule has 0 heterocycles. The molecular formula is C18H16F6N2O. The van der Waals surface area contributed by atoms with Crippen LogP contribution in [0, 0.1) is 0 Å². The van der Waals surface area contributed by atoms with Crippen molar-refractivity contribution in [2.45, 2.75) is 31.5 Å². The monoisotopic (exact) mass is 390 g/mol. The molecule has 0 radical (unpaired) electrons. The number of nitrogens with one attached hydrogen (secondary N) is 1. The van der Waals surface area contributed by atoms with E-state index in [4.69, 9.17) is 0 Å². The lowest BCUT2D eigenvalue weighted by atomic mass is 10.1. The minimum atomic E-state index is -5.65. The third-order valence-corrected chi connectivity index (χ3v) is 3.64. The van der Waals surface area contributed by atoms with Crippen molar-refractivity contribution < 1.29 is 31.1 Å². The van der Waals surface area contributed by atoms with E-state index in [0.717, 1.165) is 10.2 Å².